The topological polar surface area (TPSA) is 64.6 Å². The van der Waals surface area contributed by atoms with Crippen LogP contribution in [-0.4, -0.2) is 21.6 Å². The first kappa shape index (κ1) is 16.2. The number of fused-ring (bicyclic) bond motifs is 1. The minimum atomic E-state index is -3.86. The lowest BCUT2D eigenvalue weighted by molar-refractivity contribution is 0.297. The summed E-state index contributed by atoms with van der Waals surface area (Å²) < 4.78 is 38.5. The molecule has 0 atom stereocenters. The molecule has 0 unspecified atom stereocenters. The average Bonchev–Trinajstić information content (AvgIpc) is 2.72. The number of rotatable bonds is 3. The van der Waals surface area contributed by atoms with Crippen molar-refractivity contribution in [3.63, 3.8) is 0 Å². The number of halogens is 2. The van der Waals surface area contributed by atoms with Crippen LogP contribution in [0.5, 0.6) is 11.5 Å². The predicted octanol–water partition coefficient (Wildman–Crippen LogP) is 3.96. The van der Waals surface area contributed by atoms with Gasteiger partial charge >= 0.3 is 0 Å². The normalized spacial score (nSPS) is 14.2. The van der Waals surface area contributed by atoms with Gasteiger partial charge in [0.15, 0.2) is 11.5 Å². The Balaban J connectivity index is 1.97. The molecule has 3 rings (SSSR count). The maximum Gasteiger partial charge on any atom is 0.263 e. The van der Waals surface area contributed by atoms with E-state index in [1.807, 2.05) is 0 Å². The zero-order chi connectivity index (χ0) is 16.4. The number of sulfonamides is 1. The monoisotopic (exact) mass is 373 g/mol. The smallest absolute Gasteiger partial charge is 0.263 e. The molecular weight excluding hydrogens is 361 g/mol. The van der Waals surface area contributed by atoms with Crippen LogP contribution >= 0.6 is 23.2 Å². The molecule has 0 amide bonds. The predicted molar refractivity (Wildman–Crippen MR) is 89.3 cm³/mol. The number of ether oxygens (including phenoxy) is 2. The van der Waals surface area contributed by atoms with E-state index in [1.165, 1.54) is 24.3 Å². The van der Waals surface area contributed by atoms with E-state index in [4.69, 9.17) is 32.7 Å². The third-order valence-electron chi connectivity index (χ3n) is 3.21. The summed E-state index contributed by atoms with van der Waals surface area (Å²) in [6.07, 6.45) is 0.743. The van der Waals surface area contributed by atoms with Gasteiger partial charge in [-0.15, -0.1) is 0 Å². The van der Waals surface area contributed by atoms with Gasteiger partial charge in [-0.25, -0.2) is 8.42 Å². The van der Waals surface area contributed by atoms with Gasteiger partial charge in [-0.3, -0.25) is 4.72 Å². The Hall–Kier alpha value is -1.63. The average molecular weight is 374 g/mol. The van der Waals surface area contributed by atoms with E-state index in [0.29, 0.717) is 24.7 Å². The van der Waals surface area contributed by atoms with Gasteiger partial charge < -0.3 is 9.47 Å². The number of benzene rings is 2. The molecule has 1 heterocycles. The maximum atomic E-state index is 12.5. The fraction of sp³-hybridized carbons (Fsp3) is 0.200. The molecule has 8 heteroatoms. The summed E-state index contributed by atoms with van der Waals surface area (Å²) in [7, 11) is -3.86. The molecule has 0 saturated heterocycles. The molecule has 0 saturated carbocycles. The van der Waals surface area contributed by atoms with Gasteiger partial charge in [0.25, 0.3) is 10.0 Å². The summed E-state index contributed by atoms with van der Waals surface area (Å²) in [5.74, 6) is 0.942. The van der Waals surface area contributed by atoms with Crippen LogP contribution < -0.4 is 14.2 Å². The fourth-order valence-corrected chi connectivity index (χ4v) is 3.97. The van der Waals surface area contributed by atoms with Gasteiger partial charge in [0.1, 0.15) is 4.90 Å². The van der Waals surface area contributed by atoms with Crippen LogP contribution in [0.25, 0.3) is 0 Å². The molecule has 0 bridgehead atoms. The van der Waals surface area contributed by atoms with E-state index in [9.17, 15) is 8.42 Å². The van der Waals surface area contributed by atoms with Gasteiger partial charge in [0.2, 0.25) is 0 Å². The standard InChI is InChI=1S/C15H13Cl2NO4S/c16-10-4-1-2-5-15(10)23(19,20)18-12-9-14-13(8-11(12)17)21-6-3-7-22-14/h1-2,4-5,8-9,18H,3,6-7H2. The van der Waals surface area contributed by atoms with Crippen molar-refractivity contribution in [2.24, 2.45) is 0 Å². The Morgan fingerprint density at radius 2 is 1.61 bits per heavy atom. The lowest BCUT2D eigenvalue weighted by atomic mass is 10.3. The molecule has 5 nitrogen and oxygen atoms in total. The quantitative estimate of drug-likeness (QED) is 0.884. The van der Waals surface area contributed by atoms with Gasteiger partial charge in [0.05, 0.1) is 28.9 Å². The number of hydrogen-bond acceptors (Lipinski definition) is 4. The van der Waals surface area contributed by atoms with Gasteiger partial charge in [-0.2, -0.15) is 0 Å². The summed E-state index contributed by atoms with van der Waals surface area (Å²) in [6, 6.07) is 9.22. The molecule has 1 aliphatic rings. The molecule has 0 radical (unpaired) electrons. The Labute approximate surface area is 144 Å². The van der Waals surface area contributed by atoms with Crippen molar-refractivity contribution in [3.05, 3.63) is 46.4 Å². The molecule has 0 aliphatic carbocycles. The van der Waals surface area contributed by atoms with E-state index in [-0.39, 0.29) is 20.6 Å². The lowest BCUT2D eigenvalue weighted by Gasteiger charge is -2.14. The number of nitrogens with one attached hydrogen (secondary N) is 1. The first-order valence-electron chi connectivity index (χ1n) is 6.84. The van der Waals surface area contributed by atoms with E-state index in [0.717, 1.165) is 6.42 Å². The first-order valence-corrected chi connectivity index (χ1v) is 9.08. The Morgan fingerprint density at radius 1 is 0.957 bits per heavy atom. The number of hydrogen-bond donors (Lipinski definition) is 1. The molecule has 1 N–H and O–H groups in total. The zero-order valence-electron chi connectivity index (χ0n) is 11.9. The van der Waals surface area contributed by atoms with E-state index in [1.54, 1.807) is 12.1 Å². The summed E-state index contributed by atoms with van der Waals surface area (Å²) in [5, 5.41) is 0.343. The van der Waals surface area contributed by atoms with Crippen LogP contribution in [0.4, 0.5) is 5.69 Å². The molecule has 0 aromatic heterocycles. The minimum absolute atomic E-state index is 0.0233. The summed E-state index contributed by atoms with van der Waals surface area (Å²) >= 11 is 12.1. The van der Waals surface area contributed by atoms with Crippen molar-refractivity contribution in [1.82, 2.24) is 0 Å². The third kappa shape index (κ3) is 3.49. The minimum Gasteiger partial charge on any atom is -0.490 e. The molecular formula is C15H13Cl2NO4S. The van der Waals surface area contributed by atoms with Crippen LogP contribution in [0, 0.1) is 0 Å². The molecule has 0 spiro atoms. The second-order valence-electron chi connectivity index (χ2n) is 4.87. The Bertz CT molecular complexity index is 839. The number of anilines is 1. The summed E-state index contributed by atoms with van der Waals surface area (Å²) in [5.41, 5.74) is 0.204. The summed E-state index contributed by atoms with van der Waals surface area (Å²) in [6.45, 7) is 1.01. The highest BCUT2D eigenvalue weighted by Crippen LogP contribution is 2.38. The zero-order valence-corrected chi connectivity index (χ0v) is 14.2. The van der Waals surface area contributed by atoms with Gasteiger partial charge in [-0.05, 0) is 12.1 Å². The van der Waals surface area contributed by atoms with Gasteiger partial charge in [0, 0.05) is 18.6 Å². The molecule has 2 aromatic rings. The molecule has 1 aliphatic heterocycles. The van der Waals surface area contributed by atoms with Crippen molar-refractivity contribution >= 4 is 38.9 Å². The van der Waals surface area contributed by atoms with E-state index >= 15 is 0 Å². The van der Waals surface area contributed by atoms with E-state index < -0.39 is 10.0 Å². The fourth-order valence-electron chi connectivity index (χ4n) is 2.12. The van der Waals surface area contributed by atoms with E-state index in [2.05, 4.69) is 4.72 Å². The second kappa shape index (κ2) is 6.47. The SMILES string of the molecule is O=S(=O)(Nc1cc2c(cc1Cl)OCCCO2)c1ccccc1Cl. The highest BCUT2D eigenvalue weighted by atomic mass is 35.5. The van der Waals surface area contributed by atoms with Crippen LogP contribution in [0.1, 0.15) is 6.42 Å². The highest BCUT2D eigenvalue weighted by molar-refractivity contribution is 7.92. The second-order valence-corrected chi connectivity index (χ2v) is 7.33. The van der Waals surface area contributed by atoms with Crippen LogP contribution in [0.3, 0.4) is 0 Å². The molecule has 122 valence electrons. The van der Waals surface area contributed by atoms with Gasteiger partial charge in [-0.1, -0.05) is 35.3 Å². The van der Waals surface area contributed by atoms with Crippen LogP contribution in [-0.2, 0) is 10.0 Å². The van der Waals surface area contributed by atoms with Crippen molar-refractivity contribution in [3.8, 4) is 11.5 Å². The molecule has 0 fully saturated rings. The molecule has 2 aromatic carbocycles. The Morgan fingerprint density at radius 3 is 2.30 bits per heavy atom. The molecule has 23 heavy (non-hydrogen) atoms. The summed E-state index contributed by atoms with van der Waals surface area (Å²) in [4.78, 5) is -0.0233. The van der Waals surface area contributed by atoms with Crippen LogP contribution in [0.2, 0.25) is 10.0 Å². The van der Waals surface area contributed by atoms with Crippen molar-refractivity contribution < 1.29 is 17.9 Å². The highest BCUT2D eigenvalue weighted by Gasteiger charge is 2.21. The van der Waals surface area contributed by atoms with Crippen molar-refractivity contribution in [2.75, 3.05) is 17.9 Å². The lowest BCUT2D eigenvalue weighted by Crippen LogP contribution is -2.14. The maximum absolute atomic E-state index is 12.5. The first-order chi connectivity index (χ1) is 11.0. The van der Waals surface area contributed by atoms with Crippen molar-refractivity contribution in [1.29, 1.82) is 0 Å². The Kier molecular flexibility index (Phi) is 4.57. The third-order valence-corrected chi connectivity index (χ3v) is 5.39. The van der Waals surface area contributed by atoms with Crippen LogP contribution in [0.15, 0.2) is 41.3 Å². The van der Waals surface area contributed by atoms with Crippen molar-refractivity contribution in [2.45, 2.75) is 11.3 Å². The largest absolute Gasteiger partial charge is 0.490 e.